The number of fused-ring (bicyclic) bond motifs is 14. The van der Waals surface area contributed by atoms with E-state index in [-0.39, 0.29) is 72.7 Å². The highest BCUT2D eigenvalue weighted by Crippen LogP contribution is 2.39. The molecule has 8 heterocycles. The summed E-state index contributed by atoms with van der Waals surface area (Å²) in [5, 5.41) is 44.8. The molecule has 31 heteroatoms. The van der Waals surface area contributed by atoms with Crippen LogP contribution < -0.4 is 31.9 Å². The van der Waals surface area contributed by atoms with E-state index in [2.05, 4.69) is 36.9 Å². The zero-order valence-electron chi connectivity index (χ0n) is 47.9. The first-order chi connectivity index (χ1) is 42.3. The van der Waals surface area contributed by atoms with Crippen LogP contribution in [0.1, 0.15) is 132 Å². The molecule has 0 radical (unpaired) electrons. The summed E-state index contributed by atoms with van der Waals surface area (Å²) in [4.78, 5) is 140. The number of anilines is 1. The topological polar surface area (TPSA) is 358 Å². The van der Waals surface area contributed by atoms with Gasteiger partial charge in [0.25, 0.3) is 17.7 Å². The number of nitrogens with zero attached hydrogens (tertiary/aromatic N) is 7. The van der Waals surface area contributed by atoms with Gasteiger partial charge in [0, 0.05) is 52.5 Å². The SMILES string of the molecule is CNC(=O)C[C@@H]1NC(=O)c2csc(n2)-c2ccc(-c3nc(NC(=O)OCCC(CCCCC(=O)O)C(=O)O)cs3)nc2-c2csc(n2)-c2csc(n2)[C@H](Cc2ccccc2)NC(=O)CNC(=O)c2nc(sc2COC)C(C(C)C)NC(=O)c2nc1sc2C. The van der Waals surface area contributed by atoms with Crippen molar-refractivity contribution in [1.29, 1.82) is 0 Å². The predicted molar refractivity (Wildman–Crippen MR) is 332 cm³/mol. The van der Waals surface area contributed by atoms with Crippen LogP contribution in [0.4, 0.5) is 10.6 Å². The van der Waals surface area contributed by atoms with Gasteiger partial charge in [-0.15, -0.1) is 68.0 Å². The van der Waals surface area contributed by atoms with Gasteiger partial charge in [0.2, 0.25) is 11.8 Å². The van der Waals surface area contributed by atoms with Crippen LogP contribution in [0, 0.1) is 18.8 Å². The number of thiazole rings is 6. The third-order valence-electron chi connectivity index (χ3n) is 13.6. The monoisotopic (exact) mass is 1310 g/mol. The number of aliphatic carboxylic acids is 2. The Morgan fingerprint density at radius 2 is 1.42 bits per heavy atom. The van der Waals surface area contributed by atoms with Gasteiger partial charge < -0.3 is 46.3 Å². The Morgan fingerprint density at radius 3 is 2.17 bits per heavy atom. The van der Waals surface area contributed by atoms with Crippen LogP contribution in [0.2, 0.25) is 0 Å². The second-order valence-electron chi connectivity index (χ2n) is 20.3. The third-order valence-corrected chi connectivity index (χ3v) is 19.4. The smallest absolute Gasteiger partial charge is 0.412 e. The lowest BCUT2D eigenvalue weighted by Crippen LogP contribution is -2.39. The van der Waals surface area contributed by atoms with Gasteiger partial charge in [-0.25, -0.2) is 39.7 Å². The van der Waals surface area contributed by atoms with E-state index in [0.29, 0.717) is 82.4 Å². The van der Waals surface area contributed by atoms with E-state index in [1.165, 1.54) is 59.5 Å². The summed E-state index contributed by atoms with van der Waals surface area (Å²) in [5.41, 5.74) is 3.16. The molecule has 8 N–H and O–H groups in total. The largest absolute Gasteiger partial charge is 0.481 e. The van der Waals surface area contributed by atoms with Gasteiger partial charge in [-0.1, -0.05) is 50.6 Å². The number of aromatic nitrogens is 7. The molecular formula is C57H59N13O12S6. The van der Waals surface area contributed by atoms with Gasteiger partial charge >= 0.3 is 18.0 Å². The molecule has 0 saturated carbocycles. The highest BCUT2D eigenvalue weighted by molar-refractivity contribution is 7.15. The van der Waals surface area contributed by atoms with Crippen molar-refractivity contribution in [2.75, 3.05) is 32.6 Å². The summed E-state index contributed by atoms with van der Waals surface area (Å²) in [6, 6.07) is 10.7. The van der Waals surface area contributed by atoms with Crippen molar-refractivity contribution < 1.29 is 58.0 Å². The van der Waals surface area contributed by atoms with E-state index in [0.717, 1.165) is 28.2 Å². The maximum absolute atomic E-state index is 14.3. The van der Waals surface area contributed by atoms with Crippen molar-refractivity contribution >= 4 is 121 Å². The molecule has 9 rings (SSSR count). The number of amides is 6. The zero-order chi connectivity index (χ0) is 62.6. The zero-order valence-corrected chi connectivity index (χ0v) is 52.8. The summed E-state index contributed by atoms with van der Waals surface area (Å²) in [7, 11) is 2.95. The van der Waals surface area contributed by atoms with E-state index in [4.69, 9.17) is 44.5 Å². The lowest BCUT2D eigenvalue weighted by atomic mass is 9.98. The molecule has 8 aromatic rings. The summed E-state index contributed by atoms with van der Waals surface area (Å²) in [6.45, 7) is 4.89. The first-order valence-electron chi connectivity index (χ1n) is 27.5. The minimum atomic E-state index is -1.07. The number of carboxylic acids is 2. The van der Waals surface area contributed by atoms with E-state index < -0.39 is 78.2 Å². The van der Waals surface area contributed by atoms with Crippen LogP contribution in [-0.2, 0) is 41.7 Å². The van der Waals surface area contributed by atoms with Crippen LogP contribution in [-0.4, -0.2) is 120 Å². The number of ether oxygens (including phenoxy) is 2. The molecule has 88 heavy (non-hydrogen) atoms. The second-order valence-corrected chi connectivity index (χ2v) is 26.1. The lowest BCUT2D eigenvalue weighted by molar-refractivity contribution is -0.142. The molecule has 10 bridgehead atoms. The number of carbonyl (C=O) groups is 8. The van der Waals surface area contributed by atoms with Crippen LogP contribution in [0.5, 0.6) is 0 Å². The van der Waals surface area contributed by atoms with Gasteiger partial charge in [-0.3, -0.25) is 38.9 Å². The molecule has 1 aliphatic heterocycles. The molecule has 4 atom stereocenters. The average Bonchev–Trinajstić information content (AvgIpc) is 4.19. The Hall–Kier alpha value is -8.33. The molecule has 6 amide bonds. The van der Waals surface area contributed by atoms with E-state index in [1.54, 1.807) is 35.2 Å². The van der Waals surface area contributed by atoms with Crippen molar-refractivity contribution in [2.24, 2.45) is 11.8 Å². The standard InChI is InChI=1S/C57H59N13O12S6/c1-27(2)43-55-70-46(38(88-55)22-81-5)48(76)59-21-41(72)60-33(19-29-11-7-6-8-12-29)52-65-37(25-85-52)53-63-35(23-84-53)45-31(50-64-36(24-83-50)47(75)62-34(20-40(71)58-4)54-69-44(28(3)87-54)49(77)68-43)15-16-32(61-45)51-66-39(26-86-51)67-57(80)82-18-17-30(56(78)79)13-9-10-14-42(73)74/h6-8,11-12,15-16,23-27,30,33-34,43H,9-10,13-14,17-22H2,1-5H3,(H,58,71)(H,59,76)(H,60,72)(H,62,75)(H,67,80)(H,68,77)(H,73,74)(H,78,79)/t30?,33-,34-,43?/m0/s1. The number of carboxylic acid groups (broad SMARTS) is 2. The molecule has 460 valence electrons. The van der Waals surface area contributed by atoms with E-state index in [1.807, 2.05) is 49.6 Å². The summed E-state index contributed by atoms with van der Waals surface area (Å²) in [6.07, 6.45) is 0.175. The van der Waals surface area contributed by atoms with Crippen molar-refractivity contribution in [2.45, 2.75) is 90.4 Å². The first kappa shape index (κ1) is 64.2. The molecule has 25 nitrogen and oxygen atoms in total. The third kappa shape index (κ3) is 16.2. The number of hydrogen-bond acceptors (Lipinski definition) is 23. The predicted octanol–water partition coefficient (Wildman–Crippen LogP) is 9.11. The Bertz CT molecular complexity index is 3850. The highest BCUT2D eigenvalue weighted by atomic mass is 32.1. The Balaban J connectivity index is 1.05. The fraction of sp³-hybridized carbons (Fsp3) is 0.351. The highest BCUT2D eigenvalue weighted by Gasteiger charge is 2.32. The van der Waals surface area contributed by atoms with Crippen molar-refractivity contribution in [3.8, 4) is 43.4 Å². The van der Waals surface area contributed by atoms with Gasteiger partial charge in [0.15, 0.2) is 0 Å². The molecular weight excluding hydrogens is 1250 g/mol. The van der Waals surface area contributed by atoms with Gasteiger partial charge in [-0.05, 0) is 56.2 Å². The maximum atomic E-state index is 14.3. The van der Waals surface area contributed by atoms with E-state index in [9.17, 15) is 43.5 Å². The minimum absolute atomic E-state index is 0.0131. The van der Waals surface area contributed by atoms with E-state index >= 15 is 0 Å². The molecule has 0 saturated heterocycles. The molecule has 1 aliphatic rings. The Labute approximate surface area is 527 Å². The van der Waals surface area contributed by atoms with Crippen LogP contribution >= 0.6 is 68.0 Å². The normalized spacial score (nSPS) is 16.0. The van der Waals surface area contributed by atoms with Crippen molar-refractivity contribution in [1.82, 2.24) is 61.5 Å². The number of hydrogen-bond donors (Lipinski definition) is 8. The number of carbonyl (C=O) groups excluding carboxylic acids is 6. The van der Waals surface area contributed by atoms with Crippen LogP contribution in [0.15, 0.2) is 64.0 Å². The molecule has 0 spiro atoms. The Kier molecular flexibility index (Phi) is 21.6. The number of methoxy groups -OCH3 is 1. The summed E-state index contributed by atoms with van der Waals surface area (Å²) >= 11 is 7.27. The molecule has 1 aromatic carbocycles. The van der Waals surface area contributed by atoms with Gasteiger partial charge in [0.1, 0.15) is 70.0 Å². The molecule has 0 fully saturated rings. The lowest BCUT2D eigenvalue weighted by Gasteiger charge is -2.20. The number of benzene rings is 1. The number of unbranched alkanes of at least 4 members (excludes halogenated alkanes) is 1. The van der Waals surface area contributed by atoms with Crippen LogP contribution in [0.25, 0.3) is 43.4 Å². The molecule has 7 aromatic heterocycles. The summed E-state index contributed by atoms with van der Waals surface area (Å²) in [5.74, 6) is -5.68. The van der Waals surface area contributed by atoms with Gasteiger partial charge in [-0.2, -0.15) is 0 Å². The minimum Gasteiger partial charge on any atom is -0.481 e. The fourth-order valence-corrected chi connectivity index (χ4v) is 14.6. The maximum Gasteiger partial charge on any atom is 0.412 e. The first-order valence-corrected chi connectivity index (χ1v) is 32.6. The summed E-state index contributed by atoms with van der Waals surface area (Å²) < 4.78 is 10.8. The van der Waals surface area contributed by atoms with Crippen molar-refractivity contribution in [3.63, 3.8) is 0 Å². The second kappa shape index (κ2) is 29.6. The van der Waals surface area contributed by atoms with Crippen LogP contribution in [0.3, 0.4) is 0 Å². The van der Waals surface area contributed by atoms with Crippen molar-refractivity contribution in [3.05, 3.63) is 111 Å². The molecule has 2 unspecified atom stereocenters. The molecule has 0 aliphatic carbocycles. The Morgan fingerprint density at radius 1 is 0.693 bits per heavy atom. The quantitative estimate of drug-likeness (QED) is 0.0371. The number of nitrogens with one attached hydrogen (secondary N) is 6. The van der Waals surface area contributed by atoms with Gasteiger partial charge in [0.05, 0.1) is 60.8 Å². The number of pyridine rings is 1. The average molecular weight is 1310 g/mol. The number of rotatable bonds is 18. The number of aryl methyl sites for hydroxylation is 1. The fourth-order valence-electron chi connectivity index (χ4n) is 9.10.